The Balaban J connectivity index is 0.919. The number of fused-ring (bicyclic) bond motifs is 1. The number of ether oxygens (including phenoxy) is 2. The molecule has 0 radical (unpaired) electrons. The van der Waals surface area contributed by atoms with Gasteiger partial charge >= 0.3 is 0 Å². The molecule has 4 aromatic rings. The number of thiocarbonyl (C=S) groups is 1. The molecule has 6 rings (SSSR count). The summed E-state index contributed by atoms with van der Waals surface area (Å²) in [5.41, 5.74) is 11.9. The summed E-state index contributed by atoms with van der Waals surface area (Å²) < 4.78 is 41.7. The van der Waals surface area contributed by atoms with Crippen LogP contribution in [0.4, 0.5) is 14.5 Å². The van der Waals surface area contributed by atoms with Gasteiger partial charge in [0.1, 0.15) is 11.3 Å². The molecule has 2 heterocycles. The molecule has 60 heavy (non-hydrogen) atoms. The van der Waals surface area contributed by atoms with Crippen LogP contribution >= 0.6 is 12.2 Å². The molecule has 11 nitrogen and oxygen atoms in total. The molecule has 1 aromatic heterocycles. The second-order valence-electron chi connectivity index (χ2n) is 15.4. The Bertz CT molecular complexity index is 2270. The monoisotopic (exact) mass is 839 g/mol. The average molecular weight is 840 g/mol. The van der Waals surface area contributed by atoms with E-state index in [9.17, 15) is 28.0 Å². The van der Waals surface area contributed by atoms with Gasteiger partial charge in [-0.15, -0.1) is 0 Å². The third-order valence-electron chi connectivity index (χ3n) is 11.0. The smallest absolute Gasteiger partial charge is 0.248 e. The van der Waals surface area contributed by atoms with E-state index in [1.807, 2.05) is 59.6 Å². The van der Waals surface area contributed by atoms with Gasteiger partial charge in [0.25, 0.3) is 0 Å². The van der Waals surface area contributed by atoms with Crippen LogP contribution in [-0.4, -0.2) is 83.9 Å². The summed E-state index contributed by atoms with van der Waals surface area (Å²) in [7, 11) is 1.80. The van der Waals surface area contributed by atoms with Crippen molar-refractivity contribution in [1.82, 2.24) is 14.8 Å². The minimum Gasteiger partial charge on any atom is -0.389 e. The minimum absolute atomic E-state index is 0.0995. The standard InChI is InChI=1S/C46H51F2N5O6S/c1-52(40-15-16-42(55)51-45(40)57)28-38-31(9-5-12-34(38)30-54)8-3-2-4-22-58-23-7-24-59-25-19-43(56)50-35-13-14-37-39(32-10-6-11-33(26-32)44(49)60)29-53(41(37)27-35)36-17-20-46(47,48)21-18-36/h5-6,9-14,26-27,29-30,36,40H,2,4,7,15-25,28H2,1H3,(H2,49,60)(H,50,56)(H,51,55,57). The number of nitrogens with one attached hydrogen (secondary N) is 2. The number of amides is 3. The van der Waals surface area contributed by atoms with Gasteiger partial charge in [0, 0.05) is 97.6 Å². The number of hydrogen-bond acceptors (Lipinski definition) is 8. The number of hydrogen-bond donors (Lipinski definition) is 3. The molecule has 3 amide bonds. The summed E-state index contributed by atoms with van der Waals surface area (Å²) >= 11 is 5.20. The molecule has 1 aliphatic heterocycles. The first-order valence-electron chi connectivity index (χ1n) is 20.4. The number of unbranched alkanes of at least 4 members (excludes halogenated alkanes) is 1. The topological polar surface area (TPSA) is 145 Å². The molecule has 4 N–H and O–H groups in total. The van der Waals surface area contributed by atoms with E-state index in [4.69, 9.17) is 27.4 Å². The van der Waals surface area contributed by atoms with Crippen LogP contribution in [0, 0.1) is 11.8 Å². The SMILES string of the molecule is CN(Cc1c(C#CCCCOCCCOCCC(=O)Nc2ccc3c(-c4cccc(C(N)=S)c4)cn(C4CCC(F)(F)CC4)c3c2)cccc1C=O)C1CCC(=O)NC1=O. The highest BCUT2D eigenvalue weighted by molar-refractivity contribution is 7.80. The average Bonchev–Trinajstić information content (AvgIpc) is 3.60. The van der Waals surface area contributed by atoms with Crippen molar-refractivity contribution in [3.63, 3.8) is 0 Å². The molecule has 1 aliphatic carbocycles. The van der Waals surface area contributed by atoms with Crippen molar-refractivity contribution >= 4 is 57.8 Å². The number of halogens is 2. The third kappa shape index (κ3) is 11.7. The largest absolute Gasteiger partial charge is 0.389 e. The van der Waals surface area contributed by atoms with Crippen molar-refractivity contribution < 1.29 is 37.4 Å². The zero-order valence-corrected chi connectivity index (χ0v) is 34.6. The zero-order chi connectivity index (χ0) is 42.6. The van der Waals surface area contributed by atoms with E-state index in [-0.39, 0.29) is 56.1 Å². The lowest BCUT2D eigenvalue weighted by molar-refractivity contribution is -0.137. The molecule has 0 spiro atoms. The van der Waals surface area contributed by atoms with Gasteiger partial charge in [-0.25, -0.2) is 8.78 Å². The van der Waals surface area contributed by atoms with E-state index in [1.165, 1.54) is 0 Å². The Kier molecular flexibility index (Phi) is 15.3. The van der Waals surface area contributed by atoms with Crippen LogP contribution in [0.25, 0.3) is 22.0 Å². The number of imide groups is 1. The maximum Gasteiger partial charge on any atom is 0.248 e. The van der Waals surface area contributed by atoms with Crippen LogP contribution in [0.2, 0.25) is 0 Å². The fourth-order valence-electron chi connectivity index (χ4n) is 7.75. The van der Waals surface area contributed by atoms with Crippen LogP contribution in [0.15, 0.2) is 66.9 Å². The van der Waals surface area contributed by atoms with E-state index >= 15 is 0 Å². The van der Waals surface area contributed by atoms with Crippen LogP contribution < -0.4 is 16.4 Å². The van der Waals surface area contributed by atoms with E-state index in [2.05, 4.69) is 27.0 Å². The lowest BCUT2D eigenvalue weighted by Gasteiger charge is -2.30. The first-order chi connectivity index (χ1) is 28.9. The highest BCUT2D eigenvalue weighted by Crippen LogP contribution is 2.42. The number of rotatable bonds is 18. The van der Waals surface area contributed by atoms with Crippen LogP contribution in [0.3, 0.4) is 0 Å². The Morgan fingerprint density at radius 3 is 2.53 bits per heavy atom. The summed E-state index contributed by atoms with van der Waals surface area (Å²) in [6.45, 7) is 2.05. The van der Waals surface area contributed by atoms with Gasteiger partial charge in [0.05, 0.1) is 24.6 Å². The van der Waals surface area contributed by atoms with Gasteiger partial charge in [0.2, 0.25) is 23.6 Å². The lowest BCUT2D eigenvalue weighted by Crippen LogP contribution is -2.51. The Hall–Kier alpha value is -5.33. The molecule has 1 saturated carbocycles. The van der Waals surface area contributed by atoms with Gasteiger partial charge in [-0.1, -0.05) is 60.5 Å². The molecule has 1 saturated heterocycles. The van der Waals surface area contributed by atoms with Crippen molar-refractivity contribution in [2.75, 3.05) is 38.8 Å². The summed E-state index contributed by atoms with van der Waals surface area (Å²) in [6.07, 6.45) is 6.02. The van der Waals surface area contributed by atoms with Crippen molar-refractivity contribution in [2.45, 2.75) is 88.8 Å². The minimum atomic E-state index is -2.65. The molecular weight excluding hydrogens is 789 g/mol. The van der Waals surface area contributed by atoms with Gasteiger partial charge in [-0.3, -0.25) is 29.4 Å². The first kappa shape index (κ1) is 44.2. The molecular formula is C46H51F2N5O6S. The number of benzene rings is 3. The fraction of sp³-hybridized carbons (Fsp3) is 0.413. The van der Waals surface area contributed by atoms with Crippen molar-refractivity contribution in [3.05, 3.63) is 89.1 Å². The Labute approximate surface area is 354 Å². The zero-order valence-electron chi connectivity index (χ0n) is 33.8. The molecule has 3 aromatic carbocycles. The number of piperidine rings is 1. The highest BCUT2D eigenvalue weighted by Gasteiger charge is 2.36. The molecule has 1 unspecified atom stereocenters. The number of aromatic nitrogens is 1. The molecule has 14 heteroatoms. The summed E-state index contributed by atoms with van der Waals surface area (Å²) in [5.74, 6) is 2.88. The number of alkyl halides is 2. The third-order valence-corrected chi connectivity index (χ3v) is 11.2. The van der Waals surface area contributed by atoms with E-state index in [0.717, 1.165) is 51.4 Å². The summed E-state index contributed by atoms with van der Waals surface area (Å²) in [4.78, 5) is 50.7. The van der Waals surface area contributed by atoms with Gasteiger partial charge in [0.15, 0.2) is 0 Å². The van der Waals surface area contributed by atoms with Gasteiger partial charge < -0.3 is 25.1 Å². The first-order valence-corrected chi connectivity index (χ1v) is 20.8. The lowest BCUT2D eigenvalue weighted by atomic mass is 9.92. The van der Waals surface area contributed by atoms with Crippen LogP contribution in [0.1, 0.15) is 97.3 Å². The second kappa shape index (κ2) is 20.8. The normalized spacial score (nSPS) is 16.6. The van der Waals surface area contributed by atoms with Crippen molar-refractivity contribution in [1.29, 1.82) is 0 Å². The maximum atomic E-state index is 14.1. The highest BCUT2D eigenvalue weighted by atomic mass is 32.1. The quantitative estimate of drug-likeness (QED) is 0.0309. The van der Waals surface area contributed by atoms with Crippen LogP contribution in [0.5, 0.6) is 0 Å². The van der Waals surface area contributed by atoms with E-state index in [1.54, 1.807) is 19.2 Å². The number of nitrogens with two attached hydrogens (primary N) is 1. The Morgan fingerprint density at radius 2 is 1.78 bits per heavy atom. The van der Waals surface area contributed by atoms with Crippen LogP contribution in [-0.2, 0) is 30.4 Å². The molecule has 2 aliphatic rings. The van der Waals surface area contributed by atoms with Crippen molar-refractivity contribution in [2.24, 2.45) is 5.73 Å². The predicted octanol–water partition coefficient (Wildman–Crippen LogP) is 7.33. The van der Waals surface area contributed by atoms with Gasteiger partial charge in [-0.2, -0.15) is 0 Å². The van der Waals surface area contributed by atoms with Gasteiger partial charge in [-0.05, 0) is 74.5 Å². The number of carbonyl (C=O) groups is 4. The number of carbonyl (C=O) groups excluding carboxylic acids is 4. The number of anilines is 1. The summed E-state index contributed by atoms with van der Waals surface area (Å²) in [5, 5.41) is 6.28. The molecule has 316 valence electrons. The molecule has 0 bridgehead atoms. The number of nitrogens with zero attached hydrogens (tertiary/aromatic N) is 2. The fourth-order valence-corrected chi connectivity index (χ4v) is 7.88. The molecule has 1 atom stereocenters. The van der Waals surface area contributed by atoms with E-state index < -0.39 is 12.0 Å². The number of aldehydes is 1. The predicted molar refractivity (Wildman–Crippen MR) is 231 cm³/mol. The second-order valence-corrected chi connectivity index (χ2v) is 15.8. The Morgan fingerprint density at radius 1 is 1.03 bits per heavy atom. The number of likely N-dealkylation sites (N-methyl/N-ethyl adjacent to an activating group) is 1. The summed E-state index contributed by atoms with van der Waals surface area (Å²) in [6, 6.07) is 18.1. The molecule has 2 fully saturated rings. The van der Waals surface area contributed by atoms with E-state index in [0.29, 0.717) is 74.7 Å². The van der Waals surface area contributed by atoms with Crippen molar-refractivity contribution in [3.8, 4) is 23.0 Å². The maximum absolute atomic E-state index is 14.1.